The van der Waals surface area contributed by atoms with Crippen LogP contribution >= 0.6 is 12.4 Å². The van der Waals surface area contributed by atoms with Gasteiger partial charge in [0.15, 0.2) is 0 Å². The Morgan fingerprint density at radius 3 is 2.52 bits per heavy atom. The molecule has 0 aliphatic carbocycles. The minimum Gasteiger partial charge on any atom is -0.508 e. The van der Waals surface area contributed by atoms with Crippen LogP contribution in [0.4, 0.5) is 10.1 Å². The third-order valence-electron chi connectivity index (χ3n) is 5.74. The number of fused-ring (bicyclic) bond motifs is 1. The molecular formula is C22H23ClFN3O4. The summed E-state index contributed by atoms with van der Waals surface area (Å²) in [6.45, 7) is 3.18. The number of carboxylic acids is 1. The van der Waals surface area contributed by atoms with Gasteiger partial charge in [-0.05, 0) is 55.7 Å². The molecule has 164 valence electrons. The third-order valence-corrected chi connectivity index (χ3v) is 5.74. The summed E-state index contributed by atoms with van der Waals surface area (Å²) in [5, 5.41) is 19.0. The van der Waals surface area contributed by atoms with Gasteiger partial charge in [0.2, 0.25) is 5.43 Å². The molecule has 7 nitrogen and oxygen atoms in total. The summed E-state index contributed by atoms with van der Waals surface area (Å²) in [6, 6.07) is 8.78. The van der Waals surface area contributed by atoms with Gasteiger partial charge < -0.3 is 25.4 Å². The number of benzene rings is 2. The van der Waals surface area contributed by atoms with Crippen LogP contribution in [0.3, 0.4) is 0 Å². The number of rotatable bonds is 4. The van der Waals surface area contributed by atoms with E-state index in [-0.39, 0.29) is 35.5 Å². The molecule has 0 saturated carbocycles. The van der Waals surface area contributed by atoms with E-state index < -0.39 is 22.8 Å². The van der Waals surface area contributed by atoms with Crippen LogP contribution in [0, 0.1) is 11.7 Å². The predicted octanol–water partition coefficient (Wildman–Crippen LogP) is 3.13. The molecule has 9 heteroatoms. The first-order valence-corrected chi connectivity index (χ1v) is 9.68. The summed E-state index contributed by atoms with van der Waals surface area (Å²) in [4.78, 5) is 26.2. The van der Waals surface area contributed by atoms with Crippen molar-refractivity contribution < 1.29 is 19.4 Å². The van der Waals surface area contributed by atoms with E-state index in [4.69, 9.17) is 5.73 Å². The van der Waals surface area contributed by atoms with E-state index >= 15 is 0 Å². The Balaban J connectivity index is 0.00000272. The SMILES string of the molecule is C[C@H](N)[C@H]1CCN(c2cc3c(cc2F)c(=O)c(C(=O)O)cn3-c2ccc(O)cc2)C1.Cl. The standard InChI is InChI=1S/C22H22FN3O4.ClH/c1-12(24)13-6-7-25(10-13)20-9-19-16(8-18(20)23)21(28)17(22(29)30)11-26(19)14-2-4-15(27)5-3-14;/h2-5,8-9,11-13,27H,6-7,10,24H2,1H3,(H,29,30);1H/t12-,13-;/m0./s1. The van der Waals surface area contributed by atoms with Crippen LogP contribution in [0.15, 0.2) is 47.4 Å². The topological polar surface area (TPSA) is 109 Å². The maximum Gasteiger partial charge on any atom is 0.341 e. The van der Waals surface area contributed by atoms with E-state index in [9.17, 15) is 24.2 Å². The molecule has 1 saturated heterocycles. The Labute approximate surface area is 183 Å². The van der Waals surface area contributed by atoms with Crippen molar-refractivity contribution in [1.82, 2.24) is 4.57 Å². The highest BCUT2D eigenvalue weighted by molar-refractivity contribution is 5.94. The number of aromatic carboxylic acids is 1. The number of nitrogens with two attached hydrogens (primary N) is 1. The van der Waals surface area contributed by atoms with E-state index in [2.05, 4.69) is 0 Å². The van der Waals surface area contributed by atoms with Crippen LogP contribution in [0.25, 0.3) is 16.6 Å². The molecule has 3 aromatic rings. The van der Waals surface area contributed by atoms with Crippen molar-refractivity contribution in [3.8, 4) is 11.4 Å². The smallest absolute Gasteiger partial charge is 0.341 e. The first-order chi connectivity index (χ1) is 14.3. The fourth-order valence-corrected chi connectivity index (χ4v) is 3.99. The largest absolute Gasteiger partial charge is 0.508 e. The quantitative estimate of drug-likeness (QED) is 0.567. The summed E-state index contributed by atoms with van der Waals surface area (Å²) in [5.74, 6) is -1.68. The average Bonchev–Trinajstić information content (AvgIpc) is 3.19. The summed E-state index contributed by atoms with van der Waals surface area (Å²) in [6.07, 6.45) is 2.08. The van der Waals surface area contributed by atoms with Crippen LogP contribution in [-0.2, 0) is 0 Å². The molecule has 0 bridgehead atoms. The molecule has 31 heavy (non-hydrogen) atoms. The second-order valence-electron chi connectivity index (χ2n) is 7.74. The lowest BCUT2D eigenvalue weighted by molar-refractivity contribution is 0.0695. The minimum absolute atomic E-state index is 0. The number of halogens is 2. The minimum atomic E-state index is -1.39. The van der Waals surface area contributed by atoms with Crippen molar-refractivity contribution in [2.45, 2.75) is 19.4 Å². The molecule has 0 unspecified atom stereocenters. The molecule has 2 heterocycles. The van der Waals surface area contributed by atoms with Gasteiger partial charge in [-0.25, -0.2) is 9.18 Å². The Morgan fingerprint density at radius 2 is 1.94 bits per heavy atom. The zero-order valence-corrected chi connectivity index (χ0v) is 17.6. The molecule has 1 aromatic heterocycles. The average molecular weight is 448 g/mol. The number of hydrogen-bond donors (Lipinski definition) is 3. The normalized spacial score (nSPS) is 16.9. The van der Waals surface area contributed by atoms with Gasteiger partial charge in [-0.2, -0.15) is 0 Å². The van der Waals surface area contributed by atoms with Gasteiger partial charge in [0.1, 0.15) is 17.1 Å². The molecule has 0 radical (unpaired) electrons. The van der Waals surface area contributed by atoms with Crippen LogP contribution in [0.5, 0.6) is 5.75 Å². The van der Waals surface area contributed by atoms with Crippen molar-refractivity contribution in [1.29, 1.82) is 0 Å². The maximum absolute atomic E-state index is 15.0. The second-order valence-corrected chi connectivity index (χ2v) is 7.74. The lowest BCUT2D eigenvalue weighted by atomic mass is 10.0. The van der Waals surface area contributed by atoms with Gasteiger partial charge in [-0.3, -0.25) is 4.79 Å². The van der Waals surface area contributed by atoms with Crippen molar-refractivity contribution in [2.24, 2.45) is 11.7 Å². The lowest BCUT2D eigenvalue weighted by Gasteiger charge is -2.22. The number of hydrogen-bond acceptors (Lipinski definition) is 5. The number of phenols is 1. The lowest BCUT2D eigenvalue weighted by Crippen LogP contribution is -2.30. The molecule has 0 amide bonds. The number of aromatic hydroxyl groups is 1. The number of carbonyl (C=O) groups is 1. The molecule has 4 N–H and O–H groups in total. The van der Waals surface area contributed by atoms with Gasteiger partial charge in [0.05, 0.1) is 11.2 Å². The summed E-state index contributed by atoms with van der Waals surface area (Å²) < 4.78 is 16.5. The fourth-order valence-electron chi connectivity index (χ4n) is 3.99. The highest BCUT2D eigenvalue weighted by Crippen LogP contribution is 2.31. The molecule has 2 aromatic carbocycles. The zero-order valence-electron chi connectivity index (χ0n) is 16.8. The van der Waals surface area contributed by atoms with E-state index in [1.807, 2.05) is 11.8 Å². The first kappa shape index (κ1) is 22.6. The first-order valence-electron chi connectivity index (χ1n) is 9.68. The number of pyridine rings is 1. The number of anilines is 1. The van der Waals surface area contributed by atoms with Crippen molar-refractivity contribution >= 4 is 35.0 Å². The third kappa shape index (κ3) is 4.08. The molecule has 2 atom stereocenters. The molecular weight excluding hydrogens is 425 g/mol. The Morgan fingerprint density at radius 1 is 1.26 bits per heavy atom. The number of aromatic nitrogens is 1. The van der Waals surface area contributed by atoms with E-state index in [0.29, 0.717) is 30.0 Å². The summed E-state index contributed by atoms with van der Waals surface area (Å²) >= 11 is 0. The predicted molar refractivity (Wildman–Crippen MR) is 119 cm³/mol. The summed E-state index contributed by atoms with van der Waals surface area (Å²) in [5.41, 5.74) is 6.07. The number of nitrogens with zero attached hydrogens (tertiary/aromatic N) is 2. The summed E-state index contributed by atoms with van der Waals surface area (Å²) in [7, 11) is 0. The molecule has 0 spiro atoms. The molecule has 1 aliphatic heterocycles. The zero-order chi connectivity index (χ0) is 21.6. The monoisotopic (exact) mass is 447 g/mol. The van der Waals surface area contributed by atoms with Gasteiger partial charge in [0.25, 0.3) is 0 Å². The van der Waals surface area contributed by atoms with E-state index in [1.54, 1.807) is 18.2 Å². The van der Waals surface area contributed by atoms with Gasteiger partial charge in [-0.1, -0.05) is 0 Å². The highest BCUT2D eigenvalue weighted by Gasteiger charge is 2.28. The Bertz CT molecular complexity index is 1190. The van der Waals surface area contributed by atoms with E-state index in [0.717, 1.165) is 12.5 Å². The number of carboxylic acid groups (broad SMARTS) is 1. The molecule has 1 aliphatic rings. The highest BCUT2D eigenvalue weighted by atomic mass is 35.5. The fraction of sp³-hybridized carbons (Fsp3) is 0.273. The van der Waals surface area contributed by atoms with E-state index in [1.165, 1.54) is 22.9 Å². The second kappa shape index (κ2) is 8.56. The Kier molecular flexibility index (Phi) is 6.24. The van der Waals surface area contributed by atoms with Gasteiger partial charge in [0, 0.05) is 36.4 Å². The van der Waals surface area contributed by atoms with Gasteiger partial charge >= 0.3 is 5.97 Å². The molecule has 1 fully saturated rings. The van der Waals surface area contributed by atoms with Crippen LogP contribution in [0.1, 0.15) is 23.7 Å². The molecule has 4 rings (SSSR count). The van der Waals surface area contributed by atoms with Crippen molar-refractivity contribution in [3.05, 3.63) is 64.2 Å². The van der Waals surface area contributed by atoms with Crippen LogP contribution < -0.4 is 16.1 Å². The number of phenolic OH excluding ortho intramolecular Hbond substituents is 1. The van der Waals surface area contributed by atoms with Crippen molar-refractivity contribution in [2.75, 3.05) is 18.0 Å². The Hall–Kier alpha value is -3.10. The van der Waals surface area contributed by atoms with Crippen molar-refractivity contribution in [3.63, 3.8) is 0 Å². The van der Waals surface area contributed by atoms with Crippen LogP contribution in [-0.4, -0.2) is 39.9 Å². The maximum atomic E-state index is 15.0. The van der Waals surface area contributed by atoms with Gasteiger partial charge in [-0.15, -0.1) is 12.4 Å². The van der Waals surface area contributed by atoms with Crippen LogP contribution in [0.2, 0.25) is 0 Å².